The Bertz CT molecular complexity index is 686. The highest BCUT2D eigenvalue weighted by Crippen LogP contribution is 2.50. The minimum atomic E-state index is -4.27. The highest BCUT2D eigenvalue weighted by Gasteiger charge is 2.21. The third-order valence-corrected chi connectivity index (χ3v) is 3.10. The predicted molar refractivity (Wildman–Crippen MR) is 74.8 cm³/mol. The molecule has 1 N–H and O–H groups in total. The van der Waals surface area contributed by atoms with Crippen molar-refractivity contribution in [3.05, 3.63) is 58.6 Å². The van der Waals surface area contributed by atoms with Crippen LogP contribution in [0.4, 0.5) is 5.69 Å². The van der Waals surface area contributed by atoms with Crippen LogP contribution in [-0.4, -0.2) is 9.82 Å². The second-order valence-electron chi connectivity index (χ2n) is 3.85. The van der Waals surface area contributed by atoms with Crippen molar-refractivity contribution in [1.29, 1.82) is 0 Å². The minimum Gasteiger partial charge on any atom is -0.413 e. The van der Waals surface area contributed by atoms with Crippen LogP contribution in [0.1, 0.15) is 0 Å². The van der Waals surface area contributed by atoms with Crippen LogP contribution in [0.25, 0.3) is 11.1 Å². The van der Waals surface area contributed by atoms with E-state index >= 15 is 0 Å². The van der Waals surface area contributed by atoms with Crippen LogP contribution in [0.3, 0.4) is 0 Å². The van der Waals surface area contributed by atoms with E-state index in [1.54, 1.807) is 30.3 Å². The van der Waals surface area contributed by atoms with E-state index in [9.17, 15) is 14.7 Å². The fourth-order valence-corrected chi connectivity index (χ4v) is 2.30. The lowest BCUT2D eigenvalue weighted by Crippen LogP contribution is -1.93. The topological polar surface area (TPSA) is 89.7 Å². The van der Waals surface area contributed by atoms with E-state index in [1.807, 2.05) is 0 Å². The molecule has 2 aromatic rings. The Kier molecular flexibility index (Phi) is 4.09. The average molecular weight is 314 g/mol. The minimum absolute atomic E-state index is 0.00244. The SMILES string of the molecule is O=[N+]([O-])c1ccc(OP(=O)(O)Cl)c(-c2ccccc2)c1. The molecule has 104 valence electrons. The number of hydrogen-bond donors (Lipinski definition) is 1. The lowest BCUT2D eigenvalue weighted by Gasteiger charge is -2.11. The van der Waals surface area contributed by atoms with E-state index < -0.39 is 11.9 Å². The molecule has 1 atom stereocenters. The smallest absolute Gasteiger partial charge is 0.413 e. The summed E-state index contributed by atoms with van der Waals surface area (Å²) in [5.41, 5.74) is 0.768. The van der Waals surface area contributed by atoms with Gasteiger partial charge in [0.15, 0.2) is 0 Å². The predicted octanol–water partition coefficient (Wildman–Crippen LogP) is 3.98. The summed E-state index contributed by atoms with van der Waals surface area (Å²) >= 11 is 5.18. The quantitative estimate of drug-likeness (QED) is 0.524. The summed E-state index contributed by atoms with van der Waals surface area (Å²) in [6, 6.07) is 12.3. The molecule has 0 heterocycles. The first-order valence-corrected chi connectivity index (χ1v) is 7.91. The Morgan fingerprint density at radius 1 is 1.20 bits per heavy atom. The van der Waals surface area contributed by atoms with Crippen LogP contribution in [0.5, 0.6) is 5.75 Å². The molecule has 0 amide bonds. The number of halogens is 1. The van der Waals surface area contributed by atoms with Crippen LogP contribution in [0.2, 0.25) is 0 Å². The van der Waals surface area contributed by atoms with Gasteiger partial charge in [0, 0.05) is 28.9 Å². The molecular weight excluding hydrogens is 305 g/mol. The average Bonchev–Trinajstić information content (AvgIpc) is 2.38. The molecule has 0 saturated heterocycles. The van der Waals surface area contributed by atoms with Crippen LogP contribution in [0.15, 0.2) is 48.5 Å². The molecule has 0 aliphatic rings. The number of nitrogens with zero attached hydrogens (tertiary/aromatic N) is 1. The zero-order chi connectivity index (χ0) is 14.8. The first kappa shape index (κ1) is 14.5. The van der Waals surface area contributed by atoms with Crippen molar-refractivity contribution in [3.63, 3.8) is 0 Å². The van der Waals surface area contributed by atoms with Crippen LogP contribution < -0.4 is 4.52 Å². The lowest BCUT2D eigenvalue weighted by molar-refractivity contribution is -0.384. The third kappa shape index (κ3) is 3.57. The third-order valence-electron chi connectivity index (χ3n) is 2.47. The molecule has 20 heavy (non-hydrogen) atoms. The number of benzene rings is 2. The molecule has 0 aromatic heterocycles. The fourth-order valence-electron chi connectivity index (χ4n) is 1.68. The maximum atomic E-state index is 11.2. The Morgan fingerprint density at radius 2 is 1.85 bits per heavy atom. The lowest BCUT2D eigenvalue weighted by atomic mass is 10.0. The highest BCUT2D eigenvalue weighted by molar-refractivity contribution is 7.80. The van der Waals surface area contributed by atoms with Crippen molar-refractivity contribution >= 4 is 23.9 Å². The van der Waals surface area contributed by atoms with Crippen molar-refractivity contribution in [2.45, 2.75) is 0 Å². The molecule has 2 aromatic carbocycles. The summed E-state index contributed by atoms with van der Waals surface area (Å²) in [4.78, 5) is 19.3. The molecule has 0 aliphatic carbocycles. The molecule has 0 radical (unpaired) electrons. The van der Waals surface area contributed by atoms with Gasteiger partial charge in [-0.2, -0.15) is 0 Å². The van der Waals surface area contributed by atoms with Gasteiger partial charge in [-0.15, -0.1) is 0 Å². The number of non-ortho nitro benzene ring substituents is 1. The number of rotatable bonds is 4. The Labute approximate surface area is 119 Å². The number of nitro benzene ring substituents is 1. The molecule has 2 rings (SSSR count). The first-order valence-electron chi connectivity index (χ1n) is 5.43. The van der Waals surface area contributed by atoms with Crippen LogP contribution >= 0.6 is 18.2 Å². The van der Waals surface area contributed by atoms with E-state index in [4.69, 9.17) is 20.7 Å². The number of nitro groups is 1. The standard InChI is InChI=1S/C12H9ClNO5P/c13-20(17,18)19-12-7-6-10(14(15)16)8-11(12)9-4-2-1-3-5-9/h1-8H,(H,17,18). The molecule has 8 heteroatoms. The maximum Gasteiger partial charge on any atom is 0.474 e. The second-order valence-corrected chi connectivity index (χ2v) is 6.21. The summed E-state index contributed by atoms with van der Waals surface area (Å²) in [6.07, 6.45) is 0. The molecule has 6 nitrogen and oxygen atoms in total. The van der Waals surface area contributed by atoms with Gasteiger partial charge in [0.2, 0.25) is 0 Å². The molecule has 0 spiro atoms. The highest BCUT2D eigenvalue weighted by atomic mass is 35.7. The van der Waals surface area contributed by atoms with Crippen molar-refractivity contribution < 1.29 is 18.9 Å². The molecule has 1 unspecified atom stereocenters. The summed E-state index contributed by atoms with van der Waals surface area (Å²) < 4.78 is 15.9. The maximum absolute atomic E-state index is 11.2. The Hall–Kier alpha value is -1.88. The normalized spacial score (nSPS) is 13.5. The monoisotopic (exact) mass is 313 g/mol. The summed E-state index contributed by atoms with van der Waals surface area (Å²) in [5, 5.41) is 10.8. The molecule has 0 fully saturated rings. The largest absolute Gasteiger partial charge is 0.474 e. The van der Waals surface area contributed by atoms with E-state index in [0.29, 0.717) is 11.1 Å². The van der Waals surface area contributed by atoms with Gasteiger partial charge in [-0.05, 0) is 11.6 Å². The first-order chi connectivity index (χ1) is 9.37. The van der Waals surface area contributed by atoms with Gasteiger partial charge < -0.3 is 9.42 Å². The fraction of sp³-hybridized carbons (Fsp3) is 0. The van der Waals surface area contributed by atoms with Crippen molar-refractivity contribution in [3.8, 4) is 16.9 Å². The Balaban J connectivity index is 2.57. The summed E-state index contributed by atoms with van der Waals surface area (Å²) in [5.74, 6) is 0.00244. The number of hydrogen-bond acceptors (Lipinski definition) is 4. The van der Waals surface area contributed by atoms with E-state index in [1.165, 1.54) is 18.2 Å². The van der Waals surface area contributed by atoms with Crippen molar-refractivity contribution in [2.24, 2.45) is 0 Å². The Morgan fingerprint density at radius 3 is 2.40 bits per heavy atom. The van der Waals surface area contributed by atoms with Crippen molar-refractivity contribution in [1.82, 2.24) is 0 Å². The van der Waals surface area contributed by atoms with Gasteiger partial charge in [0.05, 0.1) is 4.92 Å². The summed E-state index contributed by atoms with van der Waals surface area (Å²) in [6.45, 7) is -4.27. The molecule has 0 saturated carbocycles. The molecule has 0 aliphatic heterocycles. The van der Waals surface area contributed by atoms with Gasteiger partial charge in [-0.1, -0.05) is 30.3 Å². The molecule has 0 bridgehead atoms. The van der Waals surface area contributed by atoms with E-state index in [-0.39, 0.29) is 11.4 Å². The van der Waals surface area contributed by atoms with Crippen LogP contribution in [0, 0.1) is 10.1 Å². The van der Waals surface area contributed by atoms with Crippen molar-refractivity contribution in [2.75, 3.05) is 0 Å². The van der Waals surface area contributed by atoms with Gasteiger partial charge >= 0.3 is 6.95 Å². The second kappa shape index (κ2) is 5.63. The van der Waals surface area contributed by atoms with E-state index in [0.717, 1.165) is 0 Å². The van der Waals surface area contributed by atoms with E-state index in [2.05, 4.69) is 0 Å². The van der Waals surface area contributed by atoms with Gasteiger partial charge in [0.25, 0.3) is 5.69 Å². The zero-order valence-electron chi connectivity index (χ0n) is 9.97. The molecular formula is C12H9ClNO5P. The zero-order valence-corrected chi connectivity index (χ0v) is 11.6. The van der Waals surface area contributed by atoms with Crippen LogP contribution in [-0.2, 0) is 4.57 Å². The van der Waals surface area contributed by atoms with Gasteiger partial charge in [0.1, 0.15) is 5.75 Å². The van der Waals surface area contributed by atoms with Gasteiger partial charge in [-0.3, -0.25) is 10.1 Å². The summed E-state index contributed by atoms with van der Waals surface area (Å²) in [7, 11) is 0. The van der Waals surface area contributed by atoms with Gasteiger partial charge in [-0.25, -0.2) is 4.57 Å².